The van der Waals surface area contributed by atoms with Gasteiger partial charge in [-0.3, -0.25) is 0 Å². The van der Waals surface area contributed by atoms with Crippen LogP contribution in [0, 0.1) is 12.3 Å². The number of aromatic nitrogens is 1. The van der Waals surface area contributed by atoms with Crippen LogP contribution in [-0.2, 0) is 0 Å². The quantitative estimate of drug-likeness (QED) is 0.282. The zero-order valence-electron chi connectivity index (χ0n) is 4.76. The number of terminal acetylenes is 1. The van der Waals surface area contributed by atoms with E-state index in [-0.39, 0.29) is 51.4 Å². The molecular weight excluding hydrogens is 125 g/mol. The number of rotatable bonds is 0. The maximum atomic E-state index is 5.00. The molecule has 0 saturated carbocycles. The van der Waals surface area contributed by atoms with Gasteiger partial charge in [-0.05, 0) is 0 Å². The van der Waals surface area contributed by atoms with Crippen LogP contribution in [0.3, 0.4) is 0 Å². The van der Waals surface area contributed by atoms with Crippen LogP contribution < -0.4 is 56.4 Å². The molecule has 8 heavy (non-hydrogen) atoms. The van der Waals surface area contributed by atoms with Gasteiger partial charge in [-0.25, -0.2) is 0 Å². The fraction of sp³-hybridized carbons (Fsp3) is 0. The molecule has 2 heteroatoms. The summed E-state index contributed by atoms with van der Waals surface area (Å²) in [5.41, 5.74) is 0.847. The van der Waals surface area contributed by atoms with E-state index in [2.05, 4.69) is 10.9 Å². The summed E-state index contributed by atoms with van der Waals surface area (Å²) in [5.74, 6) is 2.44. The van der Waals surface area contributed by atoms with Gasteiger partial charge >= 0.3 is 51.4 Å². The second-order valence-electron chi connectivity index (χ2n) is 1.19. The Morgan fingerprint density at radius 3 is 2.62 bits per heavy atom. The Morgan fingerprint density at radius 2 is 2.38 bits per heavy atom. The van der Waals surface area contributed by atoms with Crippen LogP contribution in [0.15, 0.2) is 18.5 Å². The van der Waals surface area contributed by atoms with Crippen molar-refractivity contribution in [2.45, 2.75) is 0 Å². The van der Waals surface area contributed by atoms with Crippen molar-refractivity contribution in [1.29, 1.82) is 0 Å². The largest absolute Gasteiger partial charge is 1.00 e. The van der Waals surface area contributed by atoms with Gasteiger partial charge in [0.1, 0.15) is 0 Å². The molecule has 0 saturated heterocycles. The molecule has 1 aromatic heterocycles. The van der Waals surface area contributed by atoms with E-state index in [0.29, 0.717) is 0 Å². The van der Waals surface area contributed by atoms with E-state index in [1.807, 2.05) is 0 Å². The Morgan fingerprint density at radius 1 is 1.62 bits per heavy atom. The molecule has 0 aliphatic rings. The van der Waals surface area contributed by atoms with Gasteiger partial charge in [0.05, 0.1) is 0 Å². The molecule has 0 aliphatic heterocycles. The Hall–Kier alpha value is 0.476. The molecule has 0 fully saturated rings. The minimum Gasteiger partial charge on any atom is -0.669 e. The van der Waals surface area contributed by atoms with Crippen LogP contribution in [0.5, 0.6) is 0 Å². The van der Waals surface area contributed by atoms with E-state index in [0.717, 1.165) is 5.56 Å². The van der Waals surface area contributed by atoms with Gasteiger partial charge < -0.3 is 4.98 Å². The fourth-order valence-electron chi connectivity index (χ4n) is 0.375. The Bertz CT molecular complexity index is 171. The SMILES string of the molecule is C#Cc1cc[n-]c1.[K+]. The third kappa shape index (κ3) is 2.16. The van der Waals surface area contributed by atoms with Crippen LogP contribution in [0.25, 0.3) is 0 Å². The molecule has 0 aromatic carbocycles. The monoisotopic (exact) mass is 129 g/mol. The Balaban J connectivity index is 0.000000490. The van der Waals surface area contributed by atoms with E-state index < -0.39 is 0 Å². The average molecular weight is 129 g/mol. The summed E-state index contributed by atoms with van der Waals surface area (Å²) in [7, 11) is 0. The van der Waals surface area contributed by atoms with Gasteiger partial charge in [0.15, 0.2) is 0 Å². The predicted octanol–water partition coefficient (Wildman–Crippen LogP) is -2.37. The Labute approximate surface area is 91.3 Å². The van der Waals surface area contributed by atoms with Gasteiger partial charge in [0.2, 0.25) is 0 Å². The standard InChI is InChI=1S/C6H4N.K/c1-2-6-3-4-7-5-6;/h1,3-5H;/q-1;+1. The summed E-state index contributed by atoms with van der Waals surface area (Å²) in [6.07, 6.45) is 8.33. The van der Waals surface area contributed by atoms with Crippen molar-refractivity contribution >= 4 is 0 Å². The molecule has 0 radical (unpaired) electrons. The third-order valence-corrected chi connectivity index (χ3v) is 0.720. The summed E-state index contributed by atoms with van der Waals surface area (Å²) < 4.78 is 0. The summed E-state index contributed by atoms with van der Waals surface area (Å²) in [6.45, 7) is 0. The van der Waals surface area contributed by atoms with Crippen molar-refractivity contribution in [2.24, 2.45) is 0 Å². The second kappa shape index (κ2) is 4.36. The van der Waals surface area contributed by atoms with Crippen LogP contribution in [-0.4, -0.2) is 0 Å². The normalized spacial score (nSPS) is 6.88. The topological polar surface area (TPSA) is 14.1 Å². The molecule has 34 valence electrons. The first-order chi connectivity index (χ1) is 3.43. The zero-order chi connectivity index (χ0) is 5.11. The summed E-state index contributed by atoms with van der Waals surface area (Å²) >= 11 is 0. The summed E-state index contributed by atoms with van der Waals surface area (Å²) in [4.78, 5) is 3.75. The van der Waals surface area contributed by atoms with Gasteiger partial charge in [-0.15, -0.1) is 6.42 Å². The Kier molecular flexibility index (Phi) is 4.62. The number of nitrogens with zero attached hydrogens (tertiary/aromatic N) is 1. The molecule has 1 rings (SSSR count). The minimum atomic E-state index is 0. The second-order valence-corrected chi connectivity index (χ2v) is 1.19. The first kappa shape index (κ1) is 8.48. The maximum Gasteiger partial charge on any atom is 1.00 e. The molecule has 1 aromatic rings. The summed E-state index contributed by atoms with van der Waals surface area (Å²) in [6, 6.07) is 1.79. The van der Waals surface area contributed by atoms with Crippen LogP contribution in [0.4, 0.5) is 0 Å². The van der Waals surface area contributed by atoms with Crippen molar-refractivity contribution in [3.8, 4) is 12.3 Å². The molecule has 0 amide bonds. The fourth-order valence-corrected chi connectivity index (χ4v) is 0.375. The number of hydrogen-bond donors (Lipinski definition) is 0. The molecule has 1 heterocycles. The van der Waals surface area contributed by atoms with Crippen LogP contribution in [0.1, 0.15) is 5.56 Å². The summed E-state index contributed by atoms with van der Waals surface area (Å²) in [5, 5.41) is 0. The molecule has 0 spiro atoms. The van der Waals surface area contributed by atoms with Crippen molar-refractivity contribution in [2.75, 3.05) is 0 Å². The van der Waals surface area contributed by atoms with E-state index in [9.17, 15) is 0 Å². The molecule has 0 bridgehead atoms. The molecule has 1 nitrogen and oxygen atoms in total. The van der Waals surface area contributed by atoms with Gasteiger partial charge in [0.25, 0.3) is 0 Å². The van der Waals surface area contributed by atoms with Gasteiger partial charge in [0, 0.05) is 5.56 Å². The smallest absolute Gasteiger partial charge is 0.669 e. The van der Waals surface area contributed by atoms with E-state index >= 15 is 0 Å². The molecule has 0 N–H and O–H groups in total. The van der Waals surface area contributed by atoms with Crippen LogP contribution >= 0.6 is 0 Å². The first-order valence-corrected chi connectivity index (χ1v) is 1.97. The van der Waals surface area contributed by atoms with Gasteiger partial charge in [-0.2, -0.15) is 12.4 Å². The molecular formula is C6H4KN. The number of hydrogen-bond acceptors (Lipinski definition) is 0. The molecule has 0 atom stereocenters. The van der Waals surface area contributed by atoms with E-state index in [1.165, 1.54) is 0 Å². The minimum absolute atomic E-state index is 0. The van der Waals surface area contributed by atoms with E-state index in [4.69, 9.17) is 6.42 Å². The zero-order valence-corrected chi connectivity index (χ0v) is 7.88. The molecule has 0 unspecified atom stereocenters. The van der Waals surface area contributed by atoms with Crippen molar-refractivity contribution in [3.05, 3.63) is 24.0 Å². The van der Waals surface area contributed by atoms with E-state index in [1.54, 1.807) is 18.5 Å². The van der Waals surface area contributed by atoms with Crippen molar-refractivity contribution in [3.63, 3.8) is 0 Å². The van der Waals surface area contributed by atoms with Crippen molar-refractivity contribution in [1.82, 2.24) is 4.98 Å². The van der Waals surface area contributed by atoms with Gasteiger partial charge in [-0.1, -0.05) is 12.0 Å². The average Bonchev–Trinajstić information content (AvgIpc) is 2.14. The van der Waals surface area contributed by atoms with Crippen LogP contribution in [0.2, 0.25) is 0 Å². The third-order valence-electron chi connectivity index (χ3n) is 0.720. The predicted molar refractivity (Wildman–Crippen MR) is 27.7 cm³/mol. The first-order valence-electron chi connectivity index (χ1n) is 1.97. The maximum absolute atomic E-state index is 5.00. The van der Waals surface area contributed by atoms with Crippen molar-refractivity contribution < 1.29 is 51.4 Å². The molecule has 0 aliphatic carbocycles.